The number of pyridine rings is 1. The average Bonchev–Trinajstić information content (AvgIpc) is 3.02. The molecule has 128 valence electrons. The molecular weight excluding hydrogens is 333 g/mol. The summed E-state index contributed by atoms with van der Waals surface area (Å²) in [7, 11) is 0. The summed E-state index contributed by atoms with van der Waals surface area (Å²) in [5.74, 6) is -3.02. The highest BCUT2D eigenvalue weighted by molar-refractivity contribution is 6.05. The predicted molar refractivity (Wildman–Crippen MR) is 83.6 cm³/mol. The van der Waals surface area contributed by atoms with Crippen molar-refractivity contribution >= 4 is 22.8 Å². The molecule has 3 aromatic rings. The van der Waals surface area contributed by atoms with Crippen LogP contribution in [-0.2, 0) is 4.79 Å². The van der Waals surface area contributed by atoms with Crippen LogP contribution in [0.1, 0.15) is 16.2 Å². The number of aromatic hydroxyl groups is 1. The summed E-state index contributed by atoms with van der Waals surface area (Å²) in [4.78, 5) is 26.6. The molecule has 2 heterocycles. The van der Waals surface area contributed by atoms with Crippen LogP contribution in [-0.4, -0.2) is 38.8 Å². The molecule has 0 aliphatic rings. The van der Waals surface area contributed by atoms with Crippen molar-refractivity contribution in [3.63, 3.8) is 0 Å². The molecule has 3 rings (SSSR count). The van der Waals surface area contributed by atoms with E-state index < -0.39 is 30.0 Å². The minimum absolute atomic E-state index is 0.139. The number of nitrogens with one attached hydrogen (secondary N) is 1. The zero-order valence-electron chi connectivity index (χ0n) is 12.9. The summed E-state index contributed by atoms with van der Waals surface area (Å²) in [5, 5.41) is 25.2. The number of carboxylic acids is 1. The van der Waals surface area contributed by atoms with Crippen molar-refractivity contribution in [3.8, 4) is 17.0 Å². The fourth-order valence-corrected chi connectivity index (χ4v) is 2.35. The normalized spacial score (nSPS) is 10.8. The fraction of sp³-hybridized carbons (Fsp3) is 0.125. The standard InChI is InChI=1S/C16H12FN3O5/c1-7-15-11(12(20-25-15)8-2-4-9(17)5-3-8)14(23)13(19-7)16(24)18-6-10(21)22/h2-5,23H,6H2,1H3,(H,18,24)(H,21,22). The molecule has 0 aliphatic carbocycles. The van der Waals surface area contributed by atoms with E-state index >= 15 is 0 Å². The number of amides is 1. The van der Waals surface area contributed by atoms with Gasteiger partial charge in [0.05, 0.1) is 11.1 Å². The van der Waals surface area contributed by atoms with E-state index in [1.54, 1.807) is 6.92 Å². The summed E-state index contributed by atoms with van der Waals surface area (Å²) in [6, 6.07) is 5.35. The summed E-state index contributed by atoms with van der Waals surface area (Å²) in [6.07, 6.45) is 0. The van der Waals surface area contributed by atoms with Crippen LogP contribution >= 0.6 is 0 Å². The van der Waals surface area contributed by atoms with Gasteiger partial charge in [-0.05, 0) is 31.2 Å². The van der Waals surface area contributed by atoms with E-state index in [0.717, 1.165) is 0 Å². The van der Waals surface area contributed by atoms with Crippen LogP contribution in [0.4, 0.5) is 4.39 Å². The van der Waals surface area contributed by atoms with Crippen LogP contribution in [0, 0.1) is 12.7 Å². The molecule has 0 bridgehead atoms. The van der Waals surface area contributed by atoms with Gasteiger partial charge in [-0.1, -0.05) is 5.16 Å². The van der Waals surface area contributed by atoms with E-state index in [0.29, 0.717) is 5.56 Å². The molecule has 2 aromatic heterocycles. The molecule has 25 heavy (non-hydrogen) atoms. The highest BCUT2D eigenvalue weighted by Gasteiger charge is 2.24. The molecular formula is C16H12FN3O5. The number of halogens is 1. The minimum atomic E-state index is -1.23. The average molecular weight is 345 g/mol. The van der Waals surface area contributed by atoms with Crippen molar-refractivity contribution in [1.29, 1.82) is 0 Å². The van der Waals surface area contributed by atoms with Crippen LogP contribution in [0.5, 0.6) is 5.75 Å². The predicted octanol–water partition coefficient (Wildman–Crippen LogP) is 1.86. The third-order valence-electron chi connectivity index (χ3n) is 3.49. The number of carbonyl (C=O) groups excluding carboxylic acids is 1. The minimum Gasteiger partial charge on any atom is -0.505 e. The Bertz CT molecular complexity index is 982. The van der Waals surface area contributed by atoms with Gasteiger partial charge in [0.25, 0.3) is 5.91 Å². The molecule has 1 amide bonds. The second kappa shape index (κ2) is 6.19. The smallest absolute Gasteiger partial charge is 0.322 e. The number of nitrogens with zero attached hydrogens (tertiary/aromatic N) is 2. The largest absolute Gasteiger partial charge is 0.505 e. The Balaban J connectivity index is 2.14. The lowest BCUT2D eigenvalue weighted by Gasteiger charge is -2.07. The van der Waals surface area contributed by atoms with Crippen LogP contribution in [0.15, 0.2) is 28.8 Å². The molecule has 1 aromatic carbocycles. The van der Waals surface area contributed by atoms with Crippen LogP contribution in [0.2, 0.25) is 0 Å². The number of aryl methyl sites for hydroxylation is 1. The Hall–Kier alpha value is -3.49. The van der Waals surface area contributed by atoms with Crippen LogP contribution < -0.4 is 5.32 Å². The van der Waals surface area contributed by atoms with Gasteiger partial charge in [0.2, 0.25) is 0 Å². The van der Waals surface area contributed by atoms with E-state index in [2.05, 4.69) is 15.5 Å². The fourth-order valence-electron chi connectivity index (χ4n) is 2.35. The molecule has 0 saturated heterocycles. The zero-order valence-corrected chi connectivity index (χ0v) is 12.9. The van der Waals surface area contributed by atoms with Gasteiger partial charge < -0.3 is 20.1 Å². The quantitative estimate of drug-likeness (QED) is 0.659. The van der Waals surface area contributed by atoms with Gasteiger partial charge in [-0.15, -0.1) is 0 Å². The van der Waals surface area contributed by atoms with Crippen molar-refractivity contribution in [3.05, 3.63) is 41.5 Å². The highest BCUT2D eigenvalue weighted by Crippen LogP contribution is 2.37. The lowest BCUT2D eigenvalue weighted by Crippen LogP contribution is -2.30. The number of carbonyl (C=O) groups is 2. The molecule has 0 unspecified atom stereocenters. The van der Waals surface area contributed by atoms with Gasteiger partial charge in [0, 0.05) is 5.56 Å². The lowest BCUT2D eigenvalue weighted by molar-refractivity contribution is -0.135. The SMILES string of the molecule is Cc1nc(C(=O)NCC(=O)O)c(O)c2c(-c3ccc(F)cc3)noc12. The van der Waals surface area contributed by atoms with E-state index in [1.807, 2.05) is 0 Å². The zero-order chi connectivity index (χ0) is 18.1. The number of aliphatic carboxylic acids is 1. The number of hydrogen-bond acceptors (Lipinski definition) is 6. The first kappa shape index (κ1) is 16.4. The second-order valence-electron chi connectivity index (χ2n) is 5.21. The van der Waals surface area contributed by atoms with E-state index in [-0.39, 0.29) is 28.1 Å². The van der Waals surface area contributed by atoms with Crippen molar-refractivity contribution < 1.29 is 28.7 Å². The second-order valence-corrected chi connectivity index (χ2v) is 5.21. The molecule has 9 heteroatoms. The molecule has 0 saturated carbocycles. The maximum Gasteiger partial charge on any atom is 0.322 e. The first-order chi connectivity index (χ1) is 11.9. The number of hydrogen-bond donors (Lipinski definition) is 3. The molecule has 8 nitrogen and oxygen atoms in total. The Morgan fingerprint density at radius 1 is 1.28 bits per heavy atom. The van der Waals surface area contributed by atoms with E-state index in [9.17, 15) is 19.1 Å². The summed E-state index contributed by atoms with van der Waals surface area (Å²) >= 11 is 0. The molecule has 0 spiro atoms. The topological polar surface area (TPSA) is 126 Å². The van der Waals surface area contributed by atoms with E-state index in [4.69, 9.17) is 9.63 Å². The maximum absolute atomic E-state index is 13.1. The number of rotatable bonds is 4. The Labute approximate surface area is 139 Å². The summed E-state index contributed by atoms with van der Waals surface area (Å²) < 4.78 is 18.3. The Kier molecular flexibility index (Phi) is 4.05. The number of aromatic nitrogens is 2. The highest BCUT2D eigenvalue weighted by atomic mass is 19.1. The van der Waals surface area contributed by atoms with Crippen molar-refractivity contribution in [2.24, 2.45) is 0 Å². The van der Waals surface area contributed by atoms with Crippen molar-refractivity contribution in [1.82, 2.24) is 15.5 Å². The third kappa shape index (κ3) is 2.99. The van der Waals surface area contributed by atoms with Crippen LogP contribution in [0.25, 0.3) is 22.2 Å². The van der Waals surface area contributed by atoms with Gasteiger partial charge in [-0.25, -0.2) is 9.37 Å². The first-order valence-electron chi connectivity index (χ1n) is 7.13. The Morgan fingerprint density at radius 3 is 2.60 bits per heavy atom. The van der Waals surface area contributed by atoms with Gasteiger partial charge in [0.15, 0.2) is 17.0 Å². The van der Waals surface area contributed by atoms with Gasteiger partial charge in [-0.3, -0.25) is 9.59 Å². The summed E-state index contributed by atoms with van der Waals surface area (Å²) in [5.41, 5.74) is 0.793. The number of fused-ring (bicyclic) bond motifs is 1. The van der Waals surface area contributed by atoms with Gasteiger partial charge in [0.1, 0.15) is 18.1 Å². The first-order valence-corrected chi connectivity index (χ1v) is 7.13. The number of carboxylic acid groups (broad SMARTS) is 1. The maximum atomic E-state index is 13.1. The Morgan fingerprint density at radius 2 is 1.96 bits per heavy atom. The molecule has 0 radical (unpaired) electrons. The van der Waals surface area contributed by atoms with Crippen LogP contribution in [0.3, 0.4) is 0 Å². The molecule has 0 fully saturated rings. The number of benzene rings is 1. The van der Waals surface area contributed by atoms with Gasteiger partial charge in [-0.2, -0.15) is 0 Å². The molecule has 3 N–H and O–H groups in total. The van der Waals surface area contributed by atoms with Crippen molar-refractivity contribution in [2.75, 3.05) is 6.54 Å². The van der Waals surface area contributed by atoms with E-state index in [1.165, 1.54) is 24.3 Å². The monoisotopic (exact) mass is 345 g/mol. The lowest BCUT2D eigenvalue weighted by atomic mass is 10.1. The summed E-state index contributed by atoms with van der Waals surface area (Å²) in [6.45, 7) is 0.931. The van der Waals surface area contributed by atoms with Crippen molar-refractivity contribution in [2.45, 2.75) is 6.92 Å². The van der Waals surface area contributed by atoms with Gasteiger partial charge >= 0.3 is 5.97 Å². The molecule has 0 aliphatic heterocycles. The molecule has 0 atom stereocenters. The third-order valence-corrected chi connectivity index (χ3v) is 3.49.